The van der Waals surface area contributed by atoms with Crippen molar-refractivity contribution in [2.24, 2.45) is 0 Å². The van der Waals surface area contributed by atoms with Crippen LogP contribution in [0.5, 0.6) is 5.88 Å². The molecule has 0 aliphatic carbocycles. The van der Waals surface area contributed by atoms with E-state index < -0.39 is 23.7 Å². The maximum Gasteiger partial charge on any atom is 0.315 e. The Bertz CT molecular complexity index is 738. The number of pyridine rings is 1. The zero-order valence-electron chi connectivity index (χ0n) is 13.7. The standard InChI is InChI=1S/C17H19F2N3O2/c1-10-4-5-13(16(21-10)24-3)9-20-17(23)22-11(2)12-6-7-14(18)15(19)8-12/h4-8,11H,9H2,1-3H3,(H2,20,22,23). The number of hydrogen-bond donors (Lipinski definition) is 2. The van der Waals surface area contributed by atoms with Crippen LogP contribution >= 0.6 is 0 Å². The smallest absolute Gasteiger partial charge is 0.315 e. The number of methoxy groups -OCH3 is 1. The van der Waals surface area contributed by atoms with Crippen LogP contribution in [0.4, 0.5) is 13.6 Å². The summed E-state index contributed by atoms with van der Waals surface area (Å²) in [6.45, 7) is 3.75. The molecule has 2 aromatic rings. The average molecular weight is 335 g/mol. The fourth-order valence-corrected chi connectivity index (χ4v) is 2.16. The molecule has 0 saturated carbocycles. The maximum absolute atomic E-state index is 13.2. The Labute approximate surface area is 139 Å². The highest BCUT2D eigenvalue weighted by Crippen LogP contribution is 2.17. The van der Waals surface area contributed by atoms with Gasteiger partial charge in [0.05, 0.1) is 13.2 Å². The van der Waals surface area contributed by atoms with Crippen LogP contribution in [0.15, 0.2) is 30.3 Å². The number of carbonyl (C=O) groups is 1. The number of rotatable bonds is 5. The summed E-state index contributed by atoms with van der Waals surface area (Å²) in [5.41, 5.74) is 2.02. The van der Waals surface area contributed by atoms with Gasteiger partial charge in [-0.2, -0.15) is 0 Å². The average Bonchev–Trinajstić information content (AvgIpc) is 2.55. The normalized spacial score (nSPS) is 11.7. The highest BCUT2D eigenvalue weighted by molar-refractivity contribution is 5.74. The van der Waals surface area contributed by atoms with E-state index in [1.807, 2.05) is 19.1 Å². The molecular formula is C17H19F2N3O2. The SMILES string of the molecule is COc1nc(C)ccc1CNC(=O)NC(C)c1ccc(F)c(F)c1. The Kier molecular flexibility index (Phi) is 5.68. The molecule has 0 radical (unpaired) electrons. The molecule has 2 amide bonds. The molecule has 1 aromatic heterocycles. The number of ether oxygens (including phenoxy) is 1. The van der Waals surface area contributed by atoms with Crippen LogP contribution in [0.3, 0.4) is 0 Å². The summed E-state index contributed by atoms with van der Waals surface area (Å²) in [6.07, 6.45) is 0. The summed E-state index contributed by atoms with van der Waals surface area (Å²) in [7, 11) is 1.51. The van der Waals surface area contributed by atoms with Gasteiger partial charge in [-0.1, -0.05) is 12.1 Å². The Morgan fingerprint density at radius 3 is 2.67 bits per heavy atom. The monoisotopic (exact) mass is 335 g/mol. The molecule has 2 N–H and O–H groups in total. The highest BCUT2D eigenvalue weighted by atomic mass is 19.2. The summed E-state index contributed by atoms with van der Waals surface area (Å²) >= 11 is 0. The molecule has 1 unspecified atom stereocenters. The molecule has 0 fully saturated rings. The van der Waals surface area contributed by atoms with Gasteiger partial charge in [-0.05, 0) is 37.6 Å². The third-order valence-electron chi connectivity index (χ3n) is 3.50. The first-order valence-electron chi connectivity index (χ1n) is 7.40. The number of halogens is 2. The largest absolute Gasteiger partial charge is 0.481 e. The van der Waals surface area contributed by atoms with Crippen molar-refractivity contribution < 1.29 is 18.3 Å². The third-order valence-corrected chi connectivity index (χ3v) is 3.50. The van der Waals surface area contributed by atoms with E-state index in [1.54, 1.807) is 6.92 Å². The van der Waals surface area contributed by atoms with E-state index in [9.17, 15) is 13.6 Å². The maximum atomic E-state index is 13.2. The second kappa shape index (κ2) is 7.72. The molecule has 1 aromatic carbocycles. The number of nitrogens with zero attached hydrogens (tertiary/aromatic N) is 1. The van der Waals surface area contributed by atoms with E-state index in [1.165, 1.54) is 13.2 Å². The lowest BCUT2D eigenvalue weighted by Crippen LogP contribution is -2.36. The number of hydrogen-bond acceptors (Lipinski definition) is 3. The number of amides is 2. The van der Waals surface area contributed by atoms with Crippen LogP contribution in [-0.4, -0.2) is 18.1 Å². The van der Waals surface area contributed by atoms with Gasteiger partial charge in [-0.15, -0.1) is 0 Å². The van der Waals surface area contributed by atoms with E-state index in [0.717, 1.165) is 23.4 Å². The topological polar surface area (TPSA) is 63.2 Å². The van der Waals surface area contributed by atoms with Crippen molar-refractivity contribution in [3.63, 3.8) is 0 Å². The molecule has 0 spiro atoms. The van der Waals surface area contributed by atoms with Crippen molar-refractivity contribution in [1.82, 2.24) is 15.6 Å². The molecule has 24 heavy (non-hydrogen) atoms. The first-order chi connectivity index (χ1) is 11.4. The van der Waals surface area contributed by atoms with Gasteiger partial charge in [0, 0.05) is 17.8 Å². The summed E-state index contributed by atoms with van der Waals surface area (Å²) in [5, 5.41) is 5.34. The number of aromatic nitrogens is 1. The zero-order valence-corrected chi connectivity index (χ0v) is 13.7. The predicted octanol–water partition coefficient (Wildman–Crippen LogP) is 3.24. The van der Waals surface area contributed by atoms with Crippen molar-refractivity contribution in [2.45, 2.75) is 26.4 Å². The van der Waals surface area contributed by atoms with Crippen molar-refractivity contribution in [1.29, 1.82) is 0 Å². The fourth-order valence-electron chi connectivity index (χ4n) is 2.16. The van der Waals surface area contributed by atoms with Gasteiger partial charge in [-0.25, -0.2) is 18.6 Å². The van der Waals surface area contributed by atoms with Crippen molar-refractivity contribution in [3.8, 4) is 5.88 Å². The predicted molar refractivity (Wildman–Crippen MR) is 85.7 cm³/mol. The molecule has 1 atom stereocenters. The molecule has 0 saturated heterocycles. The fraction of sp³-hybridized carbons (Fsp3) is 0.294. The number of nitrogens with one attached hydrogen (secondary N) is 2. The van der Waals surface area contributed by atoms with Gasteiger partial charge in [0.1, 0.15) is 0 Å². The minimum absolute atomic E-state index is 0.229. The lowest BCUT2D eigenvalue weighted by Gasteiger charge is -2.16. The first kappa shape index (κ1) is 17.7. The second-order valence-corrected chi connectivity index (χ2v) is 5.34. The van der Waals surface area contributed by atoms with Crippen molar-refractivity contribution in [3.05, 3.63) is 58.8 Å². The lowest BCUT2D eigenvalue weighted by molar-refractivity contribution is 0.237. The minimum atomic E-state index is -0.947. The van der Waals surface area contributed by atoms with E-state index in [4.69, 9.17) is 4.74 Å². The van der Waals surface area contributed by atoms with Crippen LogP contribution in [-0.2, 0) is 6.54 Å². The summed E-state index contributed by atoms with van der Waals surface area (Å²) in [6, 6.07) is 6.25. The molecule has 0 aliphatic heterocycles. The van der Waals surface area contributed by atoms with E-state index in [0.29, 0.717) is 11.4 Å². The van der Waals surface area contributed by atoms with Crippen LogP contribution in [0.1, 0.15) is 29.8 Å². The Morgan fingerprint density at radius 1 is 1.25 bits per heavy atom. The highest BCUT2D eigenvalue weighted by Gasteiger charge is 2.13. The first-order valence-corrected chi connectivity index (χ1v) is 7.40. The van der Waals surface area contributed by atoms with Gasteiger partial charge in [0.2, 0.25) is 5.88 Å². The molecular weight excluding hydrogens is 316 g/mol. The van der Waals surface area contributed by atoms with Crippen LogP contribution in [0.2, 0.25) is 0 Å². The quantitative estimate of drug-likeness (QED) is 0.882. The molecule has 1 heterocycles. The molecule has 5 nitrogen and oxygen atoms in total. The number of urea groups is 1. The van der Waals surface area contributed by atoms with Gasteiger partial charge in [-0.3, -0.25) is 0 Å². The van der Waals surface area contributed by atoms with Crippen LogP contribution < -0.4 is 15.4 Å². The summed E-state index contributed by atoms with van der Waals surface area (Å²) in [4.78, 5) is 16.2. The van der Waals surface area contributed by atoms with E-state index in [2.05, 4.69) is 15.6 Å². The zero-order chi connectivity index (χ0) is 17.7. The number of carbonyl (C=O) groups excluding carboxylic acids is 1. The second-order valence-electron chi connectivity index (χ2n) is 5.34. The van der Waals surface area contributed by atoms with Gasteiger partial charge in [0.25, 0.3) is 0 Å². The lowest BCUT2D eigenvalue weighted by atomic mass is 10.1. The van der Waals surface area contributed by atoms with E-state index >= 15 is 0 Å². The molecule has 0 aliphatic rings. The number of benzene rings is 1. The molecule has 0 bridgehead atoms. The Hall–Kier alpha value is -2.70. The molecule has 2 rings (SSSR count). The molecule has 128 valence electrons. The van der Waals surface area contributed by atoms with Gasteiger partial charge in [0.15, 0.2) is 11.6 Å². The van der Waals surface area contributed by atoms with Crippen molar-refractivity contribution >= 4 is 6.03 Å². The van der Waals surface area contributed by atoms with Crippen molar-refractivity contribution in [2.75, 3.05) is 7.11 Å². The van der Waals surface area contributed by atoms with E-state index in [-0.39, 0.29) is 6.54 Å². The number of aryl methyl sites for hydroxylation is 1. The van der Waals surface area contributed by atoms with Gasteiger partial charge >= 0.3 is 6.03 Å². The van der Waals surface area contributed by atoms with Gasteiger partial charge < -0.3 is 15.4 Å². The molecule has 7 heteroatoms. The van der Waals surface area contributed by atoms with Crippen LogP contribution in [0, 0.1) is 18.6 Å². The third kappa shape index (κ3) is 4.41. The van der Waals surface area contributed by atoms with Crippen LogP contribution in [0.25, 0.3) is 0 Å². The minimum Gasteiger partial charge on any atom is -0.481 e. The Balaban J connectivity index is 1.94. The summed E-state index contributed by atoms with van der Waals surface area (Å²) < 4.78 is 31.4. The Morgan fingerprint density at radius 2 is 2.00 bits per heavy atom. The summed E-state index contributed by atoms with van der Waals surface area (Å²) in [5.74, 6) is -1.42.